The van der Waals surface area contributed by atoms with Crippen molar-refractivity contribution < 1.29 is 38.0 Å². The molecule has 0 bridgehead atoms. The minimum absolute atomic E-state index is 0.246. The fourth-order valence-electron chi connectivity index (χ4n) is 4.40. The molecule has 5 N–H and O–H groups in total. The molecule has 4 aromatic rings. The Morgan fingerprint density at radius 2 is 1.95 bits per heavy atom. The molecule has 2 heterocycles. The van der Waals surface area contributed by atoms with E-state index in [2.05, 4.69) is 25.3 Å². The van der Waals surface area contributed by atoms with E-state index in [1.54, 1.807) is 29.8 Å². The number of aliphatic hydroxyl groups is 3. The summed E-state index contributed by atoms with van der Waals surface area (Å²) in [4.78, 5) is 21.7. The van der Waals surface area contributed by atoms with Gasteiger partial charge in [-0.1, -0.05) is 11.3 Å². The van der Waals surface area contributed by atoms with E-state index < -0.39 is 36.4 Å². The van der Waals surface area contributed by atoms with E-state index in [0.717, 1.165) is 11.3 Å². The fraction of sp³-hybridized carbons (Fsp3) is 0.348. The zero-order valence-corrected chi connectivity index (χ0v) is 20.0. The minimum Gasteiger partial charge on any atom is -0.406 e. The smallest absolute Gasteiger partial charge is 0.406 e. The van der Waals surface area contributed by atoms with E-state index in [4.69, 9.17) is 0 Å². The van der Waals surface area contributed by atoms with Gasteiger partial charge in [0.05, 0.1) is 33.4 Å². The third-order valence-corrected chi connectivity index (χ3v) is 7.24. The van der Waals surface area contributed by atoms with Crippen LogP contribution in [0.1, 0.15) is 16.8 Å². The van der Waals surface area contributed by atoms with Gasteiger partial charge in [0.15, 0.2) is 5.13 Å². The predicted octanol–water partition coefficient (Wildman–Crippen LogP) is 2.66. The van der Waals surface area contributed by atoms with Crippen LogP contribution in [0.2, 0.25) is 0 Å². The largest absolute Gasteiger partial charge is 0.573 e. The molecule has 1 aliphatic rings. The van der Waals surface area contributed by atoms with Gasteiger partial charge in [0.2, 0.25) is 5.95 Å². The van der Waals surface area contributed by atoms with E-state index in [-0.39, 0.29) is 18.8 Å². The quantitative estimate of drug-likeness (QED) is 0.253. The lowest BCUT2D eigenvalue weighted by molar-refractivity contribution is -0.274. The lowest BCUT2D eigenvalue weighted by Crippen LogP contribution is -2.43. The summed E-state index contributed by atoms with van der Waals surface area (Å²) in [6.07, 6.45) is -6.84. The average Bonchev–Trinajstić information content (AvgIpc) is 3.47. The number of nitrogens with one attached hydrogen (secondary N) is 2. The highest BCUT2D eigenvalue weighted by molar-refractivity contribution is 7.22. The summed E-state index contributed by atoms with van der Waals surface area (Å²) < 4.78 is 43.7. The van der Waals surface area contributed by atoms with Gasteiger partial charge in [-0.05, 0) is 36.8 Å². The molecule has 0 aliphatic heterocycles. The van der Waals surface area contributed by atoms with E-state index in [1.807, 2.05) is 0 Å². The fourth-order valence-corrected chi connectivity index (χ4v) is 5.29. The highest BCUT2D eigenvalue weighted by atomic mass is 32.1. The van der Waals surface area contributed by atoms with Crippen LogP contribution in [0.5, 0.6) is 5.75 Å². The second-order valence-corrected chi connectivity index (χ2v) is 9.79. The molecule has 2 aromatic heterocycles. The predicted molar refractivity (Wildman–Crippen MR) is 129 cm³/mol. The average molecular weight is 538 g/mol. The summed E-state index contributed by atoms with van der Waals surface area (Å²) in [7, 11) is 1.76. The molecule has 196 valence electrons. The molecule has 1 aliphatic carbocycles. The summed E-state index contributed by atoms with van der Waals surface area (Å²) in [6.45, 7) is -0.294. The number of ether oxygens (including phenoxy) is 1. The Kier molecular flexibility index (Phi) is 6.43. The van der Waals surface area contributed by atoms with Gasteiger partial charge in [0.1, 0.15) is 11.9 Å². The molecular weight excluding hydrogens is 515 g/mol. The van der Waals surface area contributed by atoms with Crippen LogP contribution in [0.3, 0.4) is 0 Å². The summed E-state index contributed by atoms with van der Waals surface area (Å²) in [5.74, 6) is -0.910. The first-order valence-electron chi connectivity index (χ1n) is 11.2. The van der Waals surface area contributed by atoms with Gasteiger partial charge in [0, 0.05) is 31.2 Å². The van der Waals surface area contributed by atoms with Crippen LogP contribution < -0.4 is 15.4 Å². The van der Waals surface area contributed by atoms with Crippen molar-refractivity contribution in [2.24, 2.45) is 13.0 Å². The van der Waals surface area contributed by atoms with Crippen molar-refractivity contribution in [2.45, 2.75) is 31.0 Å². The number of aryl methyl sites for hydroxylation is 1. The summed E-state index contributed by atoms with van der Waals surface area (Å²) in [5, 5.41) is 35.6. The molecule has 0 spiro atoms. The maximum atomic E-state index is 12.8. The van der Waals surface area contributed by atoms with Crippen molar-refractivity contribution >= 4 is 49.6 Å². The number of halogens is 3. The zero-order chi connectivity index (χ0) is 26.5. The molecule has 5 rings (SSSR count). The number of amides is 1. The van der Waals surface area contributed by atoms with Crippen LogP contribution in [-0.4, -0.2) is 67.0 Å². The number of aromatic nitrogens is 3. The van der Waals surface area contributed by atoms with E-state index >= 15 is 0 Å². The molecular formula is C23H22F3N5O5S. The van der Waals surface area contributed by atoms with Crippen LogP contribution in [0, 0.1) is 5.92 Å². The lowest BCUT2D eigenvalue weighted by Gasteiger charge is -2.18. The van der Waals surface area contributed by atoms with Crippen molar-refractivity contribution in [3.8, 4) is 5.75 Å². The molecule has 0 radical (unpaired) electrons. The highest BCUT2D eigenvalue weighted by Gasteiger charge is 2.41. The van der Waals surface area contributed by atoms with E-state index in [0.29, 0.717) is 37.9 Å². The number of fused-ring (bicyclic) bond motifs is 2. The minimum atomic E-state index is -4.79. The molecule has 0 saturated heterocycles. The van der Waals surface area contributed by atoms with Crippen molar-refractivity contribution in [3.05, 3.63) is 42.0 Å². The lowest BCUT2D eigenvalue weighted by atomic mass is 10.1. The maximum absolute atomic E-state index is 12.8. The molecule has 4 atom stereocenters. The van der Waals surface area contributed by atoms with Gasteiger partial charge >= 0.3 is 6.36 Å². The Balaban J connectivity index is 1.34. The Hall–Kier alpha value is -3.46. The molecule has 1 amide bonds. The van der Waals surface area contributed by atoms with Crippen LogP contribution in [0.15, 0.2) is 36.4 Å². The standard InChI is InChI=1S/C23H22F3N5O5S/c1-31-16-5-2-10(20(35)27-15-7-11(9-32)18(33)19(15)34)6-14(16)28-21(31)30-22-29-13-4-3-12(8-17(13)37-22)36-23(24,25)26/h2-6,8,11,15,18-19,32-34H,7,9H2,1H3,(H,27,35)(H,28,29,30). The van der Waals surface area contributed by atoms with Gasteiger partial charge < -0.3 is 35.3 Å². The maximum Gasteiger partial charge on any atom is 0.573 e. The number of imidazole rings is 1. The molecule has 2 aromatic carbocycles. The number of rotatable bonds is 6. The van der Waals surface area contributed by atoms with Gasteiger partial charge in [-0.2, -0.15) is 0 Å². The van der Waals surface area contributed by atoms with Gasteiger partial charge in [-0.25, -0.2) is 9.97 Å². The third kappa shape index (κ3) is 5.05. The Morgan fingerprint density at radius 3 is 2.65 bits per heavy atom. The highest BCUT2D eigenvalue weighted by Crippen LogP contribution is 2.33. The van der Waals surface area contributed by atoms with Gasteiger partial charge in [-0.3, -0.25) is 4.79 Å². The second kappa shape index (κ2) is 9.45. The molecule has 37 heavy (non-hydrogen) atoms. The normalized spacial score (nSPS) is 22.0. The number of nitrogens with zero attached hydrogens (tertiary/aromatic N) is 3. The van der Waals surface area contributed by atoms with Crippen molar-refractivity contribution in [1.82, 2.24) is 19.9 Å². The number of hydrogen-bond donors (Lipinski definition) is 5. The monoisotopic (exact) mass is 537 g/mol. The van der Waals surface area contributed by atoms with Crippen LogP contribution in [-0.2, 0) is 7.05 Å². The number of aliphatic hydroxyl groups excluding tert-OH is 3. The number of alkyl halides is 3. The Bertz CT molecular complexity index is 1470. The topological polar surface area (TPSA) is 142 Å². The van der Waals surface area contributed by atoms with Crippen LogP contribution in [0.4, 0.5) is 24.3 Å². The van der Waals surface area contributed by atoms with E-state index in [9.17, 15) is 33.3 Å². The zero-order valence-electron chi connectivity index (χ0n) is 19.2. The van der Waals surface area contributed by atoms with Crippen molar-refractivity contribution in [1.29, 1.82) is 0 Å². The number of hydrogen-bond acceptors (Lipinski definition) is 9. The first kappa shape index (κ1) is 25.2. The molecule has 10 nitrogen and oxygen atoms in total. The number of thiazole rings is 1. The van der Waals surface area contributed by atoms with Gasteiger partial charge in [-0.15, -0.1) is 13.2 Å². The first-order chi connectivity index (χ1) is 17.5. The number of carbonyl (C=O) groups excluding carboxylic acids is 1. The summed E-state index contributed by atoms with van der Waals surface area (Å²) in [6, 6.07) is 8.07. The summed E-state index contributed by atoms with van der Waals surface area (Å²) in [5.41, 5.74) is 1.99. The Morgan fingerprint density at radius 1 is 1.16 bits per heavy atom. The van der Waals surface area contributed by atoms with Crippen molar-refractivity contribution in [3.63, 3.8) is 0 Å². The first-order valence-corrected chi connectivity index (χ1v) is 12.0. The molecule has 1 fully saturated rings. The molecule has 1 saturated carbocycles. The molecule has 4 unspecified atom stereocenters. The summed E-state index contributed by atoms with van der Waals surface area (Å²) >= 11 is 1.13. The van der Waals surface area contributed by atoms with Crippen LogP contribution >= 0.6 is 11.3 Å². The van der Waals surface area contributed by atoms with E-state index in [1.165, 1.54) is 18.2 Å². The Labute approximate surface area is 211 Å². The second-order valence-electron chi connectivity index (χ2n) is 8.76. The van der Waals surface area contributed by atoms with Crippen LogP contribution in [0.25, 0.3) is 21.3 Å². The van der Waals surface area contributed by atoms with Gasteiger partial charge in [0.25, 0.3) is 5.91 Å². The number of anilines is 2. The number of benzene rings is 2. The van der Waals surface area contributed by atoms with Crippen molar-refractivity contribution in [2.75, 3.05) is 11.9 Å². The SMILES string of the molecule is Cn1c(Nc2nc3ccc(OC(F)(F)F)cc3s2)nc2cc(C(=O)NC3CC(CO)C(O)C3O)ccc21. The third-order valence-electron chi connectivity index (χ3n) is 6.31. The number of carbonyl (C=O) groups is 1. The molecule has 14 heteroatoms.